The van der Waals surface area contributed by atoms with Crippen LogP contribution in [-0.2, 0) is 4.74 Å². The lowest BCUT2D eigenvalue weighted by Crippen LogP contribution is -2.04. The van der Waals surface area contributed by atoms with E-state index in [9.17, 15) is 9.90 Å². The standard InChI is InChI=1S/C20H19ClN4O4S/c1-29-19(28)12-7-14(9-15(27)8-12)24-20-22-11-17(21)18(25-20)23-13-3-2-4-16(10-13)30-6-5-26/h2-4,7-11,26-27H,5-6H2,1H3,(H2,22,23,24,25). The molecule has 0 saturated heterocycles. The Bertz CT molecular complexity index is 1050. The Morgan fingerprint density at radius 1 is 1.20 bits per heavy atom. The van der Waals surface area contributed by atoms with E-state index in [1.54, 1.807) is 0 Å². The summed E-state index contributed by atoms with van der Waals surface area (Å²) in [5.74, 6) is 0.515. The molecule has 0 amide bonds. The first-order chi connectivity index (χ1) is 14.5. The summed E-state index contributed by atoms with van der Waals surface area (Å²) < 4.78 is 4.68. The number of aliphatic hydroxyl groups excluding tert-OH is 1. The molecule has 0 unspecified atom stereocenters. The van der Waals surface area contributed by atoms with E-state index in [1.165, 1.54) is 43.3 Å². The second kappa shape index (κ2) is 10.1. The highest BCUT2D eigenvalue weighted by Gasteiger charge is 2.11. The first-order valence-corrected chi connectivity index (χ1v) is 10.2. The minimum absolute atomic E-state index is 0.0990. The van der Waals surface area contributed by atoms with E-state index in [0.717, 1.165) is 10.6 Å². The van der Waals surface area contributed by atoms with Gasteiger partial charge in [-0.15, -0.1) is 11.8 Å². The highest BCUT2D eigenvalue weighted by atomic mass is 35.5. The Labute approximate surface area is 182 Å². The zero-order valence-electron chi connectivity index (χ0n) is 15.9. The van der Waals surface area contributed by atoms with Crippen molar-refractivity contribution in [3.63, 3.8) is 0 Å². The van der Waals surface area contributed by atoms with Gasteiger partial charge in [-0.2, -0.15) is 4.98 Å². The maximum Gasteiger partial charge on any atom is 0.338 e. The van der Waals surface area contributed by atoms with Crippen LogP contribution in [0, 0.1) is 0 Å². The second-order valence-electron chi connectivity index (χ2n) is 6.00. The van der Waals surface area contributed by atoms with E-state index in [1.807, 2.05) is 24.3 Å². The molecular formula is C20H19ClN4O4S. The quantitative estimate of drug-likeness (QED) is 0.298. The molecule has 0 aliphatic rings. The van der Waals surface area contributed by atoms with Crippen LogP contribution in [0.25, 0.3) is 0 Å². The molecule has 2 aromatic carbocycles. The third kappa shape index (κ3) is 5.76. The minimum Gasteiger partial charge on any atom is -0.508 e. The third-order valence-electron chi connectivity index (χ3n) is 3.80. The normalized spacial score (nSPS) is 10.5. The number of carbonyl (C=O) groups excluding carboxylic acids is 1. The number of anilines is 4. The van der Waals surface area contributed by atoms with Crippen LogP contribution >= 0.6 is 23.4 Å². The number of ether oxygens (including phenoxy) is 1. The largest absolute Gasteiger partial charge is 0.508 e. The van der Waals surface area contributed by atoms with Crippen LogP contribution in [0.3, 0.4) is 0 Å². The van der Waals surface area contributed by atoms with Crippen molar-refractivity contribution in [1.82, 2.24) is 9.97 Å². The highest BCUT2D eigenvalue weighted by Crippen LogP contribution is 2.28. The fourth-order valence-electron chi connectivity index (χ4n) is 2.53. The van der Waals surface area contributed by atoms with Crippen LogP contribution in [0.2, 0.25) is 5.02 Å². The van der Waals surface area contributed by atoms with Gasteiger partial charge in [0.15, 0.2) is 5.82 Å². The molecule has 1 aromatic heterocycles. The van der Waals surface area contributed by atoms with E-state index in [-0.39, 0.29) is 23.9 Å². The Morgan fingerprint density at radius 3 is 2.80 bits per heavy atom. The van der Waals surface area contributed by atoms with Gasteiger partial charge in [-0.3, -0.25) is 0 Å². The summed E-state index contributed by atoms with van der Waals surface area (Å²) >= 11 is 7.76. The number of nitrogens with zero attached hydrogens (tertiary/aromatic N) is 2. The topological polar surface area (TPSA) is 117 Å². The molecule has 30 heavy (non-hydrogen) atoms. The molecule has 8 nitrogen and oxygen atoms in total. The number of aromatic nitrogens is 2. The molecule has 0 bridgehead atoms. The lowest BCUT2D eigenvalue weighted by Gasteiger charge is -2.12. The first-order valence-electron chi connectivity index (χ1n) is 8.81. The van der Waals surface area contributed by atoms with Gasteiger partial charge < -0.3 is 25.6 Å². The molecule has 1 heterocycles. The molecule has 10 heteroatoms. The molecule has 0 spiro atoms. The fraction of sp³-hybridized carbons (Fsp3) is 0.150. The summed E-state index contributed by atoms with van der Waals surface area (Å²) in [6, 6.07) is 11.9. The number of esters is 1. The van der Waals surface area contributed by atoms with E-state index in [2.05, 4.69) is 25.3 Å². The van der Waals surface area contributed by atoms with Gasteiger partial charge in [-0.1, -0.05) is 17.7 Å². The Hall–Kier alpha value is -3.01. The molecule has 3 aromatic rings. The Morgan fingerprint density at radius 2 is 2.03 bits per heavy atom. The predicted molar refractivity (Wildman–Crippen MR) is 117 cm³/mol. The maximum atomic E-state index is 11.7. The summed E-state index contributed by atoms with van der Waals surface area (Å²) in [6.45, 7) is 0.0990. The lowest BCUT2D eigenvalue weighted by molar-refractivity contribution is 0.0600. The molecule has 0 fully saturated rings. The van der Waals surface area contributed by atoms with Crippen molar-refractivity contribution in [2.45, 2.75) is 4.90 Å². The summed E-state index contributed by atoms with van der Waals surface area (Å²) in [5.41, 5.74) is 1.37. The van der Waals surface area contributed by atoms with Crippen LogP contribution in [0.1, 0.15) is 10.4 Å². The van der Waals surface area contributed by atoms with Crippen molar-refractivity contribution in [3.8, 4) is 5.75 Å². The number of phenolic OH excluding ortho intramolecular Hbond substituents is 1. The van der Waals surface area contributed by atoms with Gasteiger partial charge in [0.2, 0.25) is 5.95 Å². The van der Waals surface area contributed by atoms with Gasteiger partial charge >= 0.3 is 5.97 Å². The van der Waals surface area contributed by atoms with Gasteiger partial charge in [0.1, 0.15) is 10.8 Å². The third-order valence-corrected chi connectivity index (χ3v) is 5.05. The zero-order chi connectivity index (χ0) is 21.5. The van der Waals surface area contributed by atoms with E-state index in [0.29, 0.717) is 22.3 Å². The molecule has 0 aliphatic heterocycles. The Balaban J connectivity index is 1.81. The molecule has 4 N–H and O–H groups in total. The number of phenols is 1. The van der Waals surface area contributed by atoms with Crippen molar-refractivity contribution >= 4 is 52.5 Å². The molecule has 0 atom stereocenters. The number of aromatic hydroxyl groups is 1. The molecule has 0 saturated carbocycles. The minimum atomic E-state index is -0.577. The number of rotatable bonds is 8. The van der Waals surface area contributed by atoms with Crippen LogP contribution in [0.5, 0.6) is 5.75 Å². The van der Waals surface area contributed by atoms with Crippen LogP contribution in [0.15, 0.2) is 53.6 Å². The van der Waals surface area contributed by atoms with Gasteiger partial charge in [0.25, 0.3) is 0 Å². The summed E-state index contributed by atoms with van der Waals surface area (Å²) in [4.78, 5) is 21.2. The molecule has 0 aliphatic carbocycles. The van der Waals surface area contributed by atoms with Crippen molar-refractivity contribution in [2.24, 2.45) is 0 Å². The molecule has 156 valence electrons. The van der Waals surface area contributed by atoms with Gasteiger partial charge in [-0.05, 0) is 30.3 Å². The van der Waals surface area contributed by atoms with Crippen molar-refractivity contribution in [3.05, 3.63) is 59.2 Å². The summed E-state index contributed by atoms with van der Waals surface area (Å²) in [5, 5.41) is 25.2. The number of benzene rings is 2. The average Bonchev–Trinajstić information content (AvgIpc) is 2.74. The summed E-state index contributed by atoms with van der Waals surface area (Å²) in [6.07, 6.45) is 1.44. The number of hydrogen-bond acceptors (Lipinski definition) is 9. The Kier molecular flexibility index (Phi) is 7.34. The summed E-state index contributed by atoms with van der Waals surface area (Å²) in [7, 11) is 1.26. The van der Waals surface area contributed by atoms with E-state index in [4.69, 9.17) is 16.7 Å². The number of aliphatic hydroxyl groups is 1. The van der Waals surface area contributed by atoms with Crippen molar-refractivity contribution in [2.75, 3.05) is 30.1 Å². The predicted octanol–water partition coefficient (Wildman–Crippen LogP) is 4.19. The van der Waals surface area contributed by atoms with E-state index >= 15 is 0 Å². The number of methoxy groups -OCH3 is 1. The number of carbonyl (C=O) groups is 1. The zero-order valence-corrected chi connectivity index (χ0v) is 17.5. The van der Waals surface area contributed by atoms with Crippen LogP contribution < -0.4 is 10.6 Å². The monoisotopic (exact) mass is 446 g/mol. The molecule has 3 rings (SSSR count). The second-order valence-corrected chi connectivity index (χ2v) is 7.58. The maximum absolute atomic E-state index is 11.7. The highest BCUT2D eigenvalue weighted by molar-refractivity contribution is 7.99. The van der Waals surface area contributed by atoms with Gasteiger partial charge in [0, 0.05) is 28.1 Å². The van der Waals surface area contributed by atoms with E-state index < -0.39 is 5.97 Å². The van der Waals surface area contributed by atoms with Gasteiger partial charge in [0.05, 0.1) is 25.5 Å². The van der Waals surface area contributed by atoms with Crippen LogP contribution in [0.4, 0.5) is 23.1 Å². The number of halogens is 1. The smallest absolute Gasteiger partial charge is 0.338 e. The number of hydrogen-bond donors (Lipinski definition) is 4. The molecule has 0 radical (unpaired) electrons. The average molecular weight is 447 g/mol. The number of thioether (sulfide) groups is 1. The SMILES string of the molecule is COC(=O)c1cc(O)cc(Nc2ncc(Cl)c(Nc3cccc(SCCO)c3)n2)c1. The first kappa shape index (κ1) is 21.7. The molecular weight excluding hydrogens is 428 g/mol. The fourth-order valence-corrected chi connectivity index (χ4v) is 3.38. The van der Waals surface area contributed by atoms with Crippen LogP contribution in [-0.4, -0.2) is 45.6 Å². The lowest BCUT2D eigenvalue weighted by atomic mass is 10.2. The van der Waals surface area contributed by atoms with Gasteiger partial charge in [-0.25, -0.2) is 9.78 Å². The number of nitrogens with one attached hydrogen (secondary N) is 2. The van der Waals surface area contributed by atoms with Crippen molar-refractivity contribution in [1.29, 1.82) is 0 Å². The van der Waals surface area contributed by atoms with Crippen molar-refractivity contribution < 1.29 is 19.7 Å².